The lowest BCUT2D eigenvalue weighted by atomic mass is 10.2. The van der Waals surface area contributed by atoms with Gasteiger partial charge in [-0.1, -0.05) is 12.1 Å². The van der Waals surface area contributed by atoms with Gasteiger partial charge in [-0.2, -0.15) is 0 Å². The first kappa shape index (κ1) is 10.7. The summed E-state index contributed by atoms with van der Waals surface area (Å²) < 4.78 is 0. The topological polar surface area (TPSA) is 78.8 Å². The smallest absolute Gasteiger partial charge is 0.124 e. The zero-order valence-corrected chi connectivity index (χ0v) is 7.80. The second kappa shape index (κ2) is 5.36. The highest BCUT2D eigenvalue weighted by molar-refractivity contribution is 5.83. The summed E-state index contributed by atoms with van der Waals surface area (Å²) in [6.07, 6.45) is 0.908. The van der Waals surface area contributed by atoms with E-state index in [1.165, 1.54) is 6.21 Å². The molecule has 1 aromatic rings. The van der Waals surface area contributed by atoms with Crippen LogP contribution in [0.3, 0.4) is 0 Å². The molecule has 0 aliphatic rings. The van der Waals surface area contributed by atoms with Gasteiger partial charge in [-0.15, -0.1) is 0 Å². The van der Waals surface area contributed by atoms with E-state index in [4.69, 9.17) is 10.8 Å². The molecule has 0 aliphatic carbocycles. The lowest BCUT2D eigenvalue weighted by Crippen LogP contribution is -2.22. The molecule has 14 heavy (non-hydrogen) atoms. The van der Waals surface area contributed by atoms with Gasteiger partial charge in [0.05, 0.1) is 12.6 Å². The van der Waals surface area contributed by atoms with Gasteiger partial charge in [0.15, 0.2) is 0 Å². The third kappa shape index (κ3) is 3.16. The fourth-order valence-electron chi connectivity index (χ4n) is 0.944. The largest absolute Gasteiger partial charge is 0.507 e. The number of nitrogens with zero attached hydrogens (tertiary/aromatic N) is 1. The van der Waals surface area contributed by atoms with Crippen molar-refractivity contribution in [2.45, 2.75) is 6.10 Å². The summed E-state index contributed by atoms with van der Waals surface area (Å²) in [6, 6.07) is 6.87. The minimum atomic E-state index is -0.614. The van der Waals surface area contributed by atoms with Crippen LogP contribution in [0.4, 0.5) is 0 Å². The molecule has 76 valence electrons. The Morgan fingerprint density at radius 3 is 2.79 bits per heavy atom. The first-order valence-corrected chi connectivity index (χ1v) is 4.40. The Balaban J connectivity index is 2.56. The molecular weight excluding hydrogens is 180 g/mol. The van der Waals surface area contributed by atoms with Crippen LogP contribution in [-0.4, -0.2) is 35.6 Å². The van der Waals surface area contributed by atoms with E-state index in [9.17, 15) is 5.11 Å². The predicted octanol–water partition coefficient (Wildman–Crippen LogP) is 0.131. The van der Waals surface area contributed by atoms with E-state index in [0.29, 0.717) is 5.56 Å². The minimum absolute atomic E-state index is 0.179. The van der Waals surface area contributed by atoms with Crippen molar-refractivity contribution in [3.63, 3.8) is 0 Å². The Hall–Kier alpha value is -1.39. The van der Waals surface area contributed by atoms with Crippen LogP contribution < -0.4 is 5.73 Å². The molecule has 0 aromatic heterocycles. The SMILES string of the molecule is NCC(O)CN=Cc1ccccc1O. The molecule has 0 fully saturated rings. The number of aromatic hydroxyl groups is 1. The molecule has 1 aromatic carbocycles. The molecule has 0 aliphatic heterocycles. The zero-order chi connectivity index (χ0) is 10.4. The molecule has 1 atom stereocenters. The molecular formula is C10H14N2O2. The van der Waals surface area contributed by atoms with Gasteiger partial charge in [-0.3, -0.25) is 4.99 Å². The van der Waals surface area contributed by atoms with E-state index in [2.05, 4.69) is 4.99 Å². The lowest BCUT2D eigenvalue weighted by Gasteiger charge is -2.02. The van der Waals surface area contributed by atoms with Gasteiger partial charge in [0.1, 0.15) is 5.75 Å². The lowest BCUT2D eigenvalue weighted by molar-refractivity contribution is 0.192. The fourth-order valence-corrected chi connectivity index (χ4v) is 0.944. The van der Waals surface area contributed by atoms with Crippen LogP contribution in [-0.2, 0) is 0 Å². The molecule has 4 N–H and O–H groups in total. The van der Waals surface area contributed by atoms with Crippen molar-refractivity contribution < 1.29 is 10.2 Å². The fraction of sp³-hybridized carbons (Fsp3) is 0.300. The van der Waals surface area contributed by atoms with E-state index >= 15 is 0 Å². The molecule has 4 heteroatoms. The van der Waals surface area contributed by atoms with E-state index in [0.717, 1.165) is 0 Å². The molecule has 0 heterocycles. The number of para-hydroxylation sites is 1. The summed E-state index contributed by atoms with van der Waals surface area (Å²) in [5.74, 6) is 0.179. The van der Waals surface area contributed by atoms with Crippen LogP contribution in [0.5, 0.6) is 5.75 Å². The van der Waals surface area contributed by atoms with Gasteiger partial charge in [0.2, 0.25) is 0 Å². The number of hydrogen-bond acceptors (Lipinski definition) is 4. The van der Waals surface area contributed by atoms with Gasteiger partial charge in [0.25, 0.3) is 0 Å². The molecule has 0 radical (unpaired) electrons. The van der Waals surface area contributed by atoms with Gasteiger partial charge in [-0.25, -0.2) is 0 Å². The normalized spacial score (nSPS) is 13.3. The molecule has 0 bridgehead atoms. The maximum atomic E-state index is 9.35. The van der Waals surface area contributed by atoms with Crippen LogP contribution in [0.2, 0.25) is 0 Å². The summed E-state index contributed by atoms with van der Waals surface area (Å²) >= 11 is 0. The molecule has 1 rings (SSSR count). The molecule has 0 spiro atoms. The van der Waals surface area contributed by atoms with E-state index in [-0.39, 0.29) is 18.8 Å². The van der Waals surface area contributed by atoms with Crippen molar-refractivity contribution in [2.24, 2.45) is 10.7 Å². The van der Waals surface area contributed by atoms with Gasteiger partial charge < -0.3 is 15.9 Å². The Bertz CT molecular complexity index is 313. The van der Waals surface area contributed by atoms with Gasteiger partial charge in [-0.05, 0) is 12.1 Å². The highest BCUT2D eigenvalue weighted by Gasteiger charge is 1.98. The number of phenols is 1. The number of aliphatic hydroxyl groups excluding tert-OH is 1. The highest BCUT2D eigenvalue weighted by atomic mass is 16.3. The molecule has 0 amide bonds. The maximum absolute atomic E-state index is 9.35. The van der Waals surface area contributed by atoms with Crippen molar-refractivity contribution >= 4 is 6.21 Å². The second-order valence-electron chi connectivity index (χ2n) is 2.94. The first-order chi connectivity index (χ1) is 6.74. The van der Waals surface area contributed by atoms with E-state index < -0.39 is 6.10 Å². The van der Waals surface area contributed by atoms with E-state index in [1.54, 1.807) is 24.3 Å². The van der Waals surface area contributed by atoms with Crippen molar-refractivity contribution in [3.05, 3.63) is 29.8 Å². The summed E-state index contributed by atoms with van der Waals surface area (Å²) in [5, 5.41) is 18.5. The molecule has 4 nitrogen and oxygen atoms in total. The van der Waals surface area contributed by atoms with Crippen LogP contribution in [0.25, 0.3) is 0 Å². The number of phenolic OH excluding ortho intramolecular Hbond substituents is 1. The number of rotatable bonds is 4. The average molecular weight is 194 g/mol. The Labute approximate surface area is 82.7 Å². The van der Waals surface area contributed by atoms with Gasteiger partial charge in [0, 0.05) is 18.3 Å². The molecule has 0 saturated heterocycles. The third-order valence-electron chi connectivity index (χ3n) is 1.76. The number of hydrogen-bond donors (Lipinski definition) is 3. The third-order valence-corrected chi connectivity index (χ3v) is 1.76. The summed E-state index contributed by atoms with van der Waals surface area (Å²) in [6.45, 7) is 0.447. The Morgan fingerprint density at radius 2 is 2.14 bits per heavy atom. The average Bonchev–Trinajstić information content (AvgIpc) is 2.20. The standard InChI is InChI=1S/C10H14N2O2/c11-5-9(13)7-12-6-8-3-1-2-4-10(8)14/h1-4,6,9,13-14H,5,7,11H2. The Morgan fingerprint density at radius 1 is 1.43 bits per heavy atom. The summed E-state index contributed by atoms with van der Waals surface area (Å²) in [4.78, 5) is 3.96. The first-order valence-electron chi connectivity index (χ1n) is 4.40. The van der Waals surface area contributed by atoms with Crippen LogP contribution in [0, 0.1) is 0 Å². The van der Waals surface area contributed by atoms with Crippen LogP contribution in [0.15, 0.2) is 29.3 Å². The minimum Gasteiger partial charge on any atom is -0.507 e. The number of aliphatic imine (C=N–C) groups is 1. The van der Waals surface area contributed by atoms with E-state index in [1.807, 2.05) is 0 Å². The quantitative estimate of drug-likeness (QED) is 0.596. The van der Waals surface area contributed by atoms with Crippen molar-refractivity contribution in [1.82, 2.24) is 0 Å². The Kier molecular flexibility index (Phi) is 4.10. The number of aliphatic hydroxyl groups is 1. The predicted molar refractivity (Wildman–Crippen MR) is 55.6 cm³/mol. The summed E-state index contributed by atoms with van der Waals surface area (Å²) in [5.41, 5.74) is 5.84. The molecule has 1 unspecified atom stereocenters. The maximum Gasteiger partial charge on any atom is 0.124 e. The van der Waals surface area contributed by atoms with Crippen LogP contribution in [0.1, 0.15) is 5.56 Å². The second-order valence-corrected chi connectivity index (χ2v) is 2.94. The number of benzene rings is 1. The van der Waals surface area contributed by atoms with Crippen molar-refractivity contribution in [3.8, 4) is 5.75 Å². The molecule has 0 saturated carbocycles. The number of nitrogens with two attached hydrogens (primary N) is 1. The highest BCUT2D eigenvalue weighted by Crippen LogP contribution is 2.12. The summed E-state index contributed by atoms with van der Waals surface area (Å²) in [7, 11) is 0. The van der Waals surface area contributed by atoms with Crippen molar-refractivity contribution in [1.29, 1.82) is 0 Å². The monoisotopic (exact) mass is 194 g/mol. The van der Waals surface area contributed by atoms with Crippen LogP contribution >= 0.6 is 0 Å². The van der Waals surface area contributed by atoms with Crippen molar-refractivity contribution in [2.75, 3.05) is 13.1 Å². The zero-order valence-electron chi connectivity index (χ0n) is 7.80. The van der Waals surface area contributed by atoms with Gasteiger partial charge >= 0.3 is 0 Å².